The standard InChI is InChI=1S/C68H84N6O20S2/c1-41(75)73-57-51(77)35-67(65(87)88,93-61(57)59(83)53(79)39-71-63(85)49-23-19-47(20-24-49)45-11-5-3-6-12-45)91-29-9-31-95-33-27-55(81)69-37-43-15-17-44(18-16-43)38-70-56(82)28-34-96-32-10-30-92-68(66(89)90)36-52(78)58(74-42(2)76)62(94-68)60(84)54(80)40-72-64(86)50-25-21-48(22-26-50)46-13-7-4-8-14-46/h3-8,11-26,51-54,57-62,77-80,83-84H,9-10,27-40H2,1-2H3,(H,69,81)(H,70,82)(H,71,85)(H,72,86)(H,73,75)(H,74,76)(H,87,88)(H,89,90)/t51-,52-,53+,54+,57+,58+,59?,60?,61+,62+,67+,68+/m0/s1. The van der Waals surface area contributed by atoms with E-state index in [1.54, 1.807) is 48.5 Å². The number of aliphatic hydroxyl groups is 6. The molecule has 0 radical (unpaired) electrons. The van der Waals surface area contributed by atoms with Crippen molar-refractivity contribution < 1.29 is 98.2 Å². The Morgan fingerprint density at radius 1 is 0.490 bits per heavy atom. The van der Waals surface area contributed by atoms with Crippen molar-refractivity contribution >= 4 is 70.9 Å². The van der Waals surface area contributed by atoms with Crippen LogP contribution in [0.5, 0.6) is 0 Å². The predicted octanol–water partition coefficient (Wildman–Crippen LogP) is 2.49. The second-order valence-electron chi connectivity index (χ2n) is 23.2. The Hall–Kier alpha value is -7.84. The van der Waals surface area contributed by atoms with E-state index in [0.717, 1.165) is 47.2 Å². The van der Waals surface area contributed by atoms with Crippen LogP contribution in [0.15, 0.2) is 133 Å². The van der Waals surface area contributed by atoms with Crippen molar-refractivity contribution in [3.05, 3.63) is 156 Å². The topological polar surface area (TPSA) is 408 Å². The van der Waals surface area contributed by atoms with Crippen molar-refractivity contribution in [1.29, 1.82) is 0 Å². The molecule has 0 bridgehead atoms. The molecule has 6 amide bonds. The molecule has 2 heterocycles. The minimum atomic E-state index is -2.48. The number of carbonyl (C=O) groups is 8. The minimum absolute atomic E-state index is 0.175. The number of carboxylic acids is 2. The number of carbonyl (C=O) groups excluding carboxylic acids is 6. The van der Waals surface area contributed by atoms with Gasteiger partial charge in [-0.2, -0.15) is 23.5 Å². The Labute approximate surface area is 563 Å². The Balaban J connectivity index is 0.751. The summed E-state index contributed by atoms with van der Waals surface area (Å²) in [6, 6.07) is 37.0. The average Bonchev–Trinajstić information content (AvgIpc) is 0.778. The van der Waals surface area contributed by atoms with Gasteiger partial charge in [-0.25, -0.2) is 9.59 Å². The Kier molecular flexibility index (Phi) is 29.1. The molecule has 2 fully saturated rings. The van der Waals surface area contributed by atoms with Gasteiger partial charge in [-0.1, -0.05) is 109 Å². The fourth-order valence-electron chi connectivity index (χ4n) is 10.8. The van der Waals surface area contributed by atoms with Gasteiger partial charge < -0.3 is 91.7 Å². The maximum atomic E-state index is 13.0. The first-order chi connectivity index (χ1) is 46.0. The Morgan fingerprint density at radius 2 is 0.833 bits per heavy atom. The van der Waals surface area contributed by atoms with Gasteiger partial charge in [0, 0.05) is 88.3 Å². The van der Waals surface area contributed by atoms with Crippen LogP contribution in [-0.4, -0.2) is 210 Å². The van der Waals surface area contributed by atoms with Gasteiger partial charge in [0.05, 0.1) is 49.7 Å². The number of thioether (sulfide) groups is 2. The van der Waals surface area contributed by atoms with Gasteiger partial charge in [0.25, 0.3) is 23.4 Å². The van der Waals surface area contributed by atoms with Crippen molar-refractivity contribution in [2.75, 3.05) is 49.3 Å². The number of ether oxygens (including phenoxy) is 4. The molecule has 2 aliphatic rings. The zero-order chi connectivity index (χ0) is 69.4. The summed E-state index contributed by atoms with van der Waals surface area (Å²) in [5.41, 5.74) is 5.82. The van der Waals surface area contributed by atoms with E-state index >= 15 is 0 Å². The van der Waals surface area contributed by atoms with Gasteiger partial charge in [-0.05, 0) is 82.0 Å². The highest BCUT2D eigenvalue weighted by atomic mass is 32.2. The molecule has 0 aliphatic carbocycles. The lowest BCUT2D eigenvalue weighted by Gasteiger charge is -2.46. The van der Waals surface area contributed by atoms with Crippen LogP contribution in [0.4, 0.5) is 0 Å². The van der Waals surface area contributed by atoms with E-state index in [-0.39, 0.29) is 62.1 Å². The van der Waals surface area contributed by atoms with E-state index in [2.05, 4.69) is 31.9 Å². The molecule has 0 aromatic heterocycles. The maximum absolute atomic E-state index is 13.0. The van der Waals surface area contributed by atoms with Crippen molar-refractivity contribution in [1.82, 2.24) is 31.9 Å². The third-order valence-corrected chi connectivity index (χ3v) is 18.1. The molecule has 12 atom stereocenters. The van der Waals surface area contributed by atoms with Crippen LogP contribution in [0.1, 0.15) is 84.2 Å². The number of aliphatic hydroxyl groups excluding tert-OH is 6. The number of rotatable bonds is 36. The average molecular weight is 1370 g/mol. The van der Waals surface area contributed by atoms with E-state index in [1.165, 1.54) is 23.5 Å². The molecule has 7 rings (SSSR count). The van der Waals surface area contributed by atoms with Gasteiger partial charge in [-0.3, -0.25) is 28.8 Å². The van der Waals surface area contributed by atoms with Gasteiger partial charge in [-0.15, -0.1) is 0 Å². The van der Waals surface area contributed by atoms with Crippen LogP contribution in [0.25, 0.3) is 22.3 Å². The largest absolute Gasteiger partial charge is 0.477 e. The molecule has 0 spiro atoms. The smallest absolute Gasteiger partial charge is 0.364 e. The molecule has 5 aromatic rings. The lowest BCUT2D eigenvalue weighted by molar-refractivity contribution is -0.310. The monoisotopic (exact) mass is 1370 g/mol. The Bertz CT molecular complexity index is 3140. The van der Waals surface area contributed by atoms with Crippen LogP contribution in [0.2, 0.25) is 0 Å². The molecule has 14 N–H and O–H groups in total. The minimum Gasteiger partial charge on any atom is -0.477 e. The van der Waals surface area contributed by atoms with Crippen molar-refractivity contribution in [3.8, 4) is 22.3 Å². The second kappa shape index (κ2) is 37.0. The first kappa shape index (κ1) is 75.5. The molecule has 26 nitrogen and oxygen atoms in total. The quantitative estimate of drug-likeness (QED) is 0.0256. The summed E-state index contributed by atoms with van der Waals surface area (Å²) in [4.78, 5) is 101. The molecule has 518 valence electrons. The highest BCUT2D eigenvalue weighted by Gasteiger charge is 2.57. The molecule has 96 heavy (non-hydrogen) atoms. The molecule has 2 saturated heterocycles. The molecule has 2 aliphatic heterocycles. The molecule has 0 saturated carbocycles. The summed E-state index contributed by atoms with van der Waals surface area (Å²) in [5.74, 6) is -9.27. The van der Waals surface area contributed by atoms with Crippen LogP contribution in [0.3, 0.4) is 0 Å². The first-order valence-corrected chi connectivity index (χ1v) is 33.7. The van der Waals surface area contributed by atoms with Gasteiger partial charge in [0.15, 0.2) is 0 Å². The summed E-state index contributed by atoms with van der Waals surface area (Å²) in [6.07, 6.45) is -14.3. The van der Waals surface area contributed by atoms with Gasteiger partial charge >= 0.3 is 11.9 Å². The van der Waals surface area contributed by atoms with Crippen LogP contribution >= 0.6 is 23.5 Å². The number of amides is 6. The zero-order valence-corrected chi connectivity index (χ0v) is 54.7. The third kappa shape index (κ3) is 22.1. The summed E-state index contributed by atoms with van der Waals surface area (Å²) < 4.78 is 23.2. The van der Waals surface area contributed by atoms with E-state index < -0.39 is 134 Å². The van der Waals surface area contributed by atoms with E-state index in [9.17, 15) is 79.2 Å². The number of nitrogens with one attached hydrogen (secondary N) is 6. The summed E-state index contributed by atoms with van der Waals surface area (Å²) >= 11 is 2.83. The number of hydrogen-bond acceptors (Lipinski definition) is 20. The van der Waals surface area contributed by atoms with Crippen molar-refractivity contribution in [2.24, 2.45) is 0 Å². The summed E-state index contributed by atoms with van der Waals surface area (Å²) in [5, 5.41) is 103. The fraction of sp³-hybridized carbons (Fsp3) is 0.441. The number of carboxylic acid groups (broad SMARTS) is 2. The summed E-state index contributed by atoms with van der Waals surface area (Å²) in [7, 11) is 0. The molecule has 2 unspecified atom stereocenters. The van der Waals surface area contributed by atoms with Gasteiger partial charge in [0.2, 0.25) is 23.6 Å². The van der Waals surface area contributed by atoms with E-state index in [1.807, 2.05) is 84.9 Å². The number of aliphatic carboxylic acids is 2. The Morgan fingerprint density at radius 3 is 1.17 bits per heavy atom. The SMILES string of the molecule is CC(=O)N[C@@H]1[C@@H](O)C[C@](OCCCSCCC(=O)NCc2ccc(CNC(=O)CCSCCCO[C@]3(C(=O)O)C[C@H](O)[C@@H](NC(C)=O)[C@H](C(O)[C@H](O)CNC(=O)c4ccc(-c5ccccc5)cc4)O3)cc2)(C(=O)O)O[C@H]1C(O)[C@H](O)CNC(=O)c1ccc(-c2ccccc2)cc1. The van der Waals surface area contributed by atoms with Crippen LogP contribution < -0.4 is 31.9 Å². The van der Waals surface area contributed by atoms with E-state index in [4.69, 9.17) is 18.9 Å². The highest BCUT2D eigenvalue weighted by molar-refractivity contribution is 7.99. The molecular formula is C68H84N6O20S2. The molecular weight excluding hydrogens is 1280 g/mol. The normalized spacial score (nSPS) is 22.0. The van der Waals surface area contributed by atoms with Gasteiger partial charge in [0.1, 0.15) is 24.4 Å². The van der Waals surface area contributed by atoms with Crippen molar-refractivity contribution in [3.63, 3.8) is 0 Å². The first-order valence-electron chi connectivity index (χ1n) is 31.3. The van der Waals surface area contributed by atoms with Crippen LogP contribution in [0, 0.1) is 0 Å². The lowest BCUT2D eigenvalue weighted by atomic mass is 9.88. The van der Waals surface area contributed by atoms with Crippen LogP contribution in [-0.2, 0) is 60.8 Å². The third-order valence-electron chi connectivity index (χ3n) is 15.9. The number of hydrogen-bond donors (Lipinski definition) is 14. The second-order valence-corrected chi connectivity index (χ2v) is 25.6. The highest BCUT2D eigenvalue weighted by Crippen LogP contribution is 2.36. The maximum Gasteiger partial charge on any atom is 0.364 e. The summed E-state index contributed by atoms with van der Waals surface area (Å²) in [6.45, 7) is 1.45. The molecule has 28 heteroatoms. The lowest BCUT2D eigenvalue weighted by Crippen LogP contribution is -2.68. The fourth-order valence-corrected chi connectivity index (χ4v) is 12.5. The molecule has 5 aromatic carbocycles. The predicted molar refractivity (Wildman–Crippen MR) is 355 cm³/mol. The van der Waals surface area contributed by atoms with Crippen molar-refractivity contribution in [2.45, 2.75) is 138 Å². The number of benzene rings is 5. The zero-order valence-electron chi connectivity index (χ0n) is 53.1. The van der Waals surface area contributed by atoms with E-state index in [0.29, 0.717) is 35.9 Å².